The lowest BCUT2D eigenvalue weighted by atomic mass is 10.0. The zero-order valence-corrected chi connectivity index (χ0v) is 41.2. The number of allylic oxidation sites excluding steroid dienone is 6. The highest BCUT2D eigenvalue weighted by Gasteiger charge is 2.23. The van der Waals surface area contributed by atoms with Crippen LogP contribution in [0.5, 0.6) is 0 Å². The van der Waals surface area contributed by atoms with Crippen molar-refractivity contribution in [1.82, 2.24) is 0 Å². The van der Waals surface area contributed by atoms with E-state index in [1.165, 1.54) is 70.2 Å². The average Bonchev–Trinajstić information content (AvgIpc) is 3.82. The zero-order valence-electron chi connectivity index (χ0n) is 40.4. The summed E-state index contributed by atoms with van der Waals surface area (Å²) < 4.78 is 2.55. The Kier molecular flexibility index (Phi) is 11.7. The lowest BCUT2D eigenvalue weighted by molar-refractivity contribution is 0.786. The predicted octanol–water partition coefficient (Wildman–Crippen LogP) is 19.7. The number of fused-ring (bicyclic) bond motifs is 5. The number of nitrogens with zero attached hydrogens (tertiary/aromatic N) is 4. The zero-order chi connectivity index (χ0) is 48.5. The molecule has 0 bridgehead atoms. The quantitative estimate of drug-likeness (QED) is 0.121. The monoisotopic (exact) mass is 956 g/mol. The van der Waals surface area contributed by atoms with Crippen LogP contribution in [0.4, 0.5) is 56.9 Å². The summed E-state index contributed by atoms with van der Waals surface area (Å²) in [6.45, 7) is 0. The molecule has 1 heterocycles. The number of hydrogen-bond acceptors (Lipinski definition) is 5. The van der Waals surface area contributed by atoms with Crippen molar-refractivity contribution in [3.63, 3.8) is 0 Å². The van der Waals surface area contributed by atoms with Crippen molar-refractivity contribution in [2.45, 2.75) is 25.3 Å². The fourth-order valence-electron chi connectivity index (χ4n) is 10.8. The third-order valence-electron chi connectivity index (χ3n) is 14.3. The Morgan fingerprint density at radius 3 is 1.25 bits per heavy atom. The van der Waals surface area contributed by atoms with Gasteiger partial charge < -0.3 is 19.6 Å². The highest BCUT2D eigenvalue weighted by molar-refractivity contribution is 7.25. The highest BCUT2D eigenvalue weighted by atomic mass is 32.1. The van der Waals surface area contributed by atoms with Crippen LogP contribution in [-0.2, 0) is 0 Å². The molecule has 0 spiro atoms. The van der Waals surface area contributed by atoms with Crippen LogP contribution in [0.25, 0.3) is 41.7 Å². The minimum absolute atomic E-state index is 0.164. The molecule has 2 aliphatic rings. The van der Waals surface area contributed by atoms with Gasteiger partial charge in [-0.3, -0.25) is 0 Å². The summed E-state index contributed by atoms with van der Waals surface area (Å²) in [7, 11) is 0. The van der Waals surface area contributed by atoms with Gasteiger partial charge in [0.1, 0.15) is 0 Å². The standard InChI is InChI=1S/C68H52N4S/c1-7-19-53(20-8-1)69(54-21-9-2-10-22-54)59-35-31-51-45-61(37-33-49(51)43-59)71(57-27-15-5-16-28-57)63-39-41-67-65(47-63)66-48-64(40-42-68(66)73-67)72(58-29-17-6-18-30-58)62-38-34-50-44-60(36-32-52(50)46-62)70(55-23-11-3-12-24-55)56-25-13-4-14-26-56/h1-13,15-25,27-29,31-48,58H,14,26,30H2. The summed E-state index contributed by atoms with van der Waals surface area (Å²) in [6.07, 6.45) is 18.7. The summed E-state index contributed by atoms with van der Waals surface area (Å²) in [6, 6.07) is 84.5. The van der Waals surface area contributed by atoms with Gasteiger partial charge in [0.25, 0.3) is 0 Å². The number of para-hydroxylation sites is 4. The molecule has 0 fully saturated rings. The Bertz CT molecular complexity index is 3870. The topological polar surface area (TPSA) is 13.0 Å². The fraction of sp³-hybridized carbons (Fsp3) is 0.0588. The van der Waals surface area contributed by atoms with E-state index in [1.54, 1.807) is 0 Å². The normalized spacial score (nSPS) is 14.2. The van der Waals surface area contributed by atoms with Gasteiger partial charge in [0, 0.05) is 82.7 Å². The SMILES string of the molecule is C1=CCCC(N(c2ccccc2)c2ccc3cc(N(c4ccc5sc6ccc(N(c7ccccc7)c7ccc8cc(N(c9ccccc9)c9ccccc9)ccc8c7)cc6c5c4)C4C=CC=CC4)ccc3c2)=C1. The van der Waals surface area contributed by atoms with Crippen molar-refractivity contribution in [3.05, 3.63) is 279 Å². The summed E-state index contributed by atoms with van der Waals surface area (Å²) in [5, 5.41) is 7.32. The van der Waals surface area contributed by atoms with Crippen LogP contribution in [0.3, 0.4) is 0 Å². The second kappa shape index (κ2) is 19.4. The maximum absolute atomic E-state index is 2.53. The molecule has 10 aromatic carbocycles. The van der Waals surface area contributed by atoms with E-state index in [9.17, 15) is 0 Å². The molecule has 11 aromatic rings. The molecule has 13 rings (SSSR count). The van der Waals surface area contributed by atoms with Crippen LogP contribution in [0.2, 0.25) is 0 Å². The second-order valence-electron chi connectivity index (χ2n) is 18.9. The van der Waals surface area contributed by atoms with Crippen LogP contribution in [0, 0.1) is 0 Å². The van der Waals surface area contributed by atoms with Gasteiger partial charge in [-0.1, -0.05) is 134 Å². The summed E-state index contributed by atoms with van der Waals surface area (Å²) in [5.74, 6) is 0. The summed E-state index contributed by atoms with van der Waals surface area (Å²) in [5.41, 5.74) is 12.7. The first-order valence-corrected chi connectivity index (χ1v) is 26.1. The Balaban J connectivity index is 0.871. The summed E-state index contributed by atoms with van der Waals surface area (Å²) in [4.78, 5) is 9.67. The molecule has 0 N–H and O–H groups in total. The molecule has 0 radical (unpaired) electrons. The van der Waals surface area contributed by atoms with Gasteiger partial charge in [-0.15, -0.1) is 11.3 Å². The minimum atomic E-state index is 0.164. The molecule has 0 saturated heterocycles. The number of benzene rings is 10. The molecule has 5 heteroatoms. The predicted molar refractivity (Wildman–Crippen MR) is 314 cm³/mol. The summed E-state index contributed by atoms with van der Waals surface area (Å²) >= 11 is 1.86. The van der Waals surface area contributed by atoms with Gasteiger partial charge in [0.2, 0.25) is 0 Å². The lowest BCUT2D eigenvalue weighted by Gasteiger charge is -2.33. The number of anilines is 10. The van der Waals surface area contributed by atoms with Crippen molar-refractivity contribution >= 4 is 110 Å². The first-order chi connectivity index (χ1) is 36.2. The number of hydrogen-bond donors (Lipinski definition) is 0. The van der Waals surface area contributed by atoms with E-state index in [1.807, 2.05) is 11.3 Å². The second-order valence-corrected chi connectivity index (χ2v) is 19.9. The molecule has 0 amide bonds. The van der Waals surface area contributed by atoms with Gasteiger partial charge in [-0.05, 0) is 180 Å². The van der Waals surface area contributed by atoms with Crippen molar-refractivity contribution in [2.24, 2.45) is 0 Å². The Morgan fingerprint density at radius 2 is 0.753 bits per heavy atom. The van der Waals surface area contributed by atoms with Gasteiger partial charge in [-0.25, -0.2) is 0 Å². The third kappa shape index (κ3) is 8.64. The van der Waals surface area contributed by atoms with Gasteiger partial charge in [0.05, 0.1) is 6.04 Å². The third-order valence-corrected chi connectivity index (χ3v) is 15.4. The van der Waals surface area contributed by atoms with Gasteiger partial charge in [-0.2, -0.15) is 0 Å². The Labute approximate surface area is 431 Å². The molecule has 0 saturated carbocycles. The molecule has 1 unspecified atom stereocenters. The maximum Gasteiger partial charge on any atom is 0.0559 e. The van der Waals surface area contributed by atoms with Crippen LogP contribution in [0.1, 0.15) is 19.3 Å². The van der Waals surface area contributed by atoms with Crippen LogP contribution >= 0.6 is 11.3 Å². The molecule has 73 heavy (non-hydrogen) atoms. The highest BCUT2D eigenvalue weighted by Crippen LogP contribution is 2.45. The van der Waals surface area contributed by atoms with Crippen molar-refractivity contribution < 1.29 is 0 Å². The van der Waals surface area contributed by atoms with E-state index in [-0.39, 0.29) is 6.04 Å². The molecular formula is C68H52N4S. The van der Waals surface area contributed by atoms with Gasteiger partial charge >= 0.3 is 0 Å². The Morgan fingerprint density at radius 1 is 0.342 bits per heavy atom. The Hall–Kier alpha value is -8.90. The smallest absolute Gasteiger partial charge is 0.0559 e. The van der Waals surface area contributed by atoms with Crippen molar-refractivity contribution in [3.8, 4) is 0 Å². The molecular weight excluding hydrogens is 905 g/mol. The van der Waals surface area contributed by atoms with Gasteiger partial charge in [0.15, 0.2) is 0 Å². The first-order valence-electron chi connectivity index (χ1n) is 25.3. The molecule has 1 aromatic heterocycles. The van der Waals surface area contributed by atoms with Crippen LogP contribution in [-0.4, -0.2) is 6.04 Å². The van der Waals surface area contributed by atoms with E-state index in [0.29, 0.717) is 0 Å². The molecule has 2 aliphatic carbocycles. The average molecular weight is 957 g/mol. The molecule has 1 atom stereocenters. The fourth-order valence-corrected chi connectivity index (χ4v) is 11.9. The van der Waals surface area contributed by atoms with Crippen molar-refractivity contribution in [1.29, 1.82) is 0 Å². The first kappa shape index (κ1) is 44.1. The van der Waals surface area contributed by atoms with E-state index in [0.717, 1.165) is 53.4 Å². The van der Waals surface area contributed by atoms with Crippen molar-refractivity contribution in [2.75, 3.05) is 19.6 Å². The van der Waals surface area contributed by atoms with E-state index in [2.05, 4.69) is 293 Å². The van der Waals surface area contributed by atoms with Crippen LogP contribution in [0.15, 0.2) is 279 Å². The number of rotatable bonds is 12. The van der Waals surface area contributed by atoms with E-state index in [4.69, 9.17) is 0 Å². The minimum Gasteiger partial charge on any atom is -0.334 e. The molecule has 0 aliphatic heterocycles. The number of thiophene rings is 1. The molecule has 350 valence electrons. The largest absolute Gasteiger partial charge is 0.334 e. The van der Waals surface area contributed by atoms with E-state index >= 15 is 0 Å². The lowest BCUT2D eigenvalue weighted by Crippen LogP contribution is -2.29. The molecule has 4 nitrogen and oxygen atoms in total. The maximum atomic E-state index is 2.53. The van der Waals surface area contributed by atoms with E-state index < -0.39 is 0 Å². The van der Waals surface area contributed by atoms with Crippen LogP contribution < -0.4 is 19.6 Å².